The first-order chi connectivity index (χ1) is 16.0. The molecule has 0 saturated heterocycles. The van der Waals surface area contributed by atoms with E-state index in [0.717, 1.165) is 33.7 Å². The van der Waals surface area contributed by atoms with E-state index in [0.29, 0.717) is 28.7 Å². The van der Waals surface area contributed by atoms with Crippen LogP contribution in [0.4, 0.5) is 17.3 Å². The molecule has 0 bridgehead atoms. The van der Waals surface area contributed by atoms with Crippen molar-refractivity contribution in [2.75, 3.05) is 11.1 Å². The van der Waals surface area contributed by atoms with Gasteiger partial charge in [-0.05, 0) is 73.0 Å². The number of rotatable bonds is 5. The maximum atomic E-state index is 6.34. The van der Waals surface area contributed by atoms with Gasteiger partial charge in [0.2, 0.25) is 5.95 Å². The molecule has 33 heavy (non-hydrogen) atoms. The Morgan fingerprint density at radius 3 is 2.39 bits per heavy atom. The number of hydrogen-bond donors (Lipinski definition) is 2. The van der Waals surface area contributed by atoms with E-state index < -0.39 is 0 Å². The Kier molecular flexibility index (Phi) is 5.06. The van der Waals surface area contributed by atoms with Crippen molar-refractivity contribution in [3.05, 3.63) is 72.3 Å². The molecule has 0 unspecified atom stereocenters. The number of hydrogen-bond acceptors (Lipinski definition) is 8. The van der Waals surface area contributed by atoms with Gasteiger partial charge in [0.25, 0.3) is 5.88 Å². The first-order valence-corrected chi connectivity index (χ1v) is 10.4. The summed E-state index contributed by atoms with van der Waals surface area (Å²) in [4.78, 5) is 13.7. The van der Waals surface area contributed by atoms with Crippen LogP contribution in [-0.4, -0.2) is 29.7 Å². The Labute approximate surface area is 190 Å². The highest BCUT2D eigenvalue weighted by molar-refractivity contribution is 5.79. The maximum Gasteiger partial charge on any atom is 0.252 e. The van der Waals surface area contributed by atoms with Crippen LogP contribution in [0.1, 0.15) is 11.1 Å². The SMILES string of the molecule is Cc1cc(-c2ccnnc2)cc(C)c1Oc1nc(Nc2ccc(N)cc2)nc2c1ncn2C. The van der Waals surface area contributed by atoms with E-state index in [2.05, 4.69) is 42.6 Å². The Bertz CT molecular complexity index is 1420. The van der Waals surface area contributed by atoms with E-state index in [4.69, 9.17) is 10.5 Å². The molecule has 0 amide bonds. The average Bonchev–Trinajstić information content (AvgIpc) is 3.19. The van der Waals surface area contributed by atoms with E-state index in [1.807, 2.05) is 55.8 Å². The topological polar surface area (TPSA) is 117 Å². The second-order valence-corrected chi connectivity index (χ2v) is 7.80. The number of nitrogens with one attached hydrogen (secondary N) is 1. The molecule has 2 aromatic carbocycles. The van der Waals surface area contributed by atoms with E-state index >= 15 is 0 Å². The lowest BCUT2D eigenvalue weighted by atomic mass is 10.0. The highest BCUT2D eigenvalue weighted by Crippen LogP contribution is 2.35. The van der Waals surface area contributed by atoms with Crippen LogP contribution in [0.5, 0.6) is 11.6 Å². The number of nitrogen functional groups attached to an aromatic ring is 1. The van der Waals surface area contributed by atoms with Crippen LogP contribution < -0.4 is 15.8 Å². The summed E-state index contributed by atoms with van der Waals surface area (Å²) in [6.07, 6.45) is 5.11. The summed E-state index contributed by atoms with van der Waals surface area (Å²) in [5, 5.41) is 11.0. The number of aryl methyl sites for hydroxylation is 3. The minimum Gasteiger partial charge on any atom is -0.436 e. The van der Waals surface area contributed by atoms with Gasteiger partial charge in [-0.15, -0.1) is 0 Å². The first kappa shape index (κ1) is 20.4. The van der Waals surface area contributed by atoms with E-state index in [1.165, 1.54) is 0 Å². The monoisotopic (exact) mass is 438 g/mol. The molecule has 3 heterocycles. The van der Waals surface area contributed by atoms with Gasteiger partial charge in [0.1, 0.15) is 5.75 Å². The summed E-state index contributed by atoms with van der Waals surface area (Å²) >= 11 is 0. The summed E-state index contributed by atoms with van der Waals surface area (Å²) in [6, 6.07) is 13.4. The van der Waals surface area contributed by atoms with E-state index in [-0.39, 0.29) is 0 Å². The second kappa shape index (κ2) is 8.19. The van der Waals surface area contributed by atoms with Crippen molar-refractivity contribution in [2.45, 2.75) is 13.8 Å². The standard InChI is InChI=1S/C24H22N8O/c1-14-10-17(16-8-9-27-28-12-16)11-15(2)21(14)33-23-20-22(32(3)13-26-20)30-24(31-23)29-19-6-4-18(25)5-7-19/h4-13H,25H2,1-3H3,(H,29,30,31). The Balaban J connectivity index is 1.54. The predicted octanol–water partition coefficient (Wildman–Crippen LogP) is 4.56. The fraction of sp³-hybridized carbons (Fsp3) is 0.125. The number of anilines is 3. The predicted molar refractivity (Wildman–Crippen MR) is 127 cm³/mol. The summed E-state index contributed by atoms with van der Waals surface area (Å²) in [5.41, 5.74) is 12.5. The molecule has 3 aromatic heterocycles. The van der Waals surface area contributed by atoms with Gasteiger partial charge in [-0.1, -0.05) is 0 Å². The summed E-state index contributed by atoms with van der Waals surface area (Å²) in [7, 11) is 1.88. The molecule has 9 nitrogen and oxygen atoms in total. The number of nitrogens with zero attached hydrogens (tertiary/aromatic N) is 6. The molecule has 0 saturated carbocycles. The van der Waals surface area contributed by atoms with Gasteiger partial charge in [-0.3, -0.25) is 0 Å². The van der Waals surface area contributed by atoms with Crippen molar-refractivity contribution in [1.29, 1.82) is 0 Å². The Hall–Kier alpha value is -4.53. The van der Waals surface area contributed by atoms with Crippen molar-refractivity contribution in [3.63, 3.8) is 0 Å². The van der Waals surface area contributed by atoms with Crippen LogP contribution in [0.25, 0.3) is 22.3 Å². The quantitative estimate of drug-likeness (QED) is 0.384. The summed E-state index contributed by atoms with van der Waals surface area (Å²) < 4.78 is 8.17. The van der Waals surface area contributed by atoms with Crippen LogP contribution in [0.3, 0.4) is 0 Å². The number of fused-ring (bicyclic) bond motifs is 1. The number of nitrogens with two attached hydrogens (primary N) is 1. The Morgan fingerprint density at radius 2 is 1.70 bits per heavy atom. The molecule has 164 valence electrons. The fourth-order valence-electron chi connectivity index (χ4n) is 3.64. The number of aromatic nitrogens is 6. The molecule has 0 aliphatic carbocycles. The summed E-state index contributed by atoms with van der Waals surface area (Å²) in [6.45, 7) is 4.01. The van der Waals surface area contributed by atoms with Crippen LogP contribution in [0.15, 0.2) is 61.2 Å². The lowest BCUT2D eigenvalue weighted by Crippen LogP contribution is -2.02. The van der Waals surface area contributed by atoms with Crippen molar-refractivity contribution in [2.24, 2.45) is 7.05 Å². The molecule has 0 aliphatic heterocycles. The maximum absolute atomic E-state index is 6.34. The van der Waals surface area contributed by atoms with Crippen LogP contribution in [-0.2, 0) is 7.05 Å². The van der Waals surface area contributed by atoms with Gasteiger partial charge in [-0.2, -0.15) is 20.2 Å². The average molecular weight is 438 g/mol. The molecule has 5 rings (SSSR count). The van der Waals surface area contributed by atoms with Gasteiger partial charge < -0.3 is 20.4 Å². The zero-order valence-corrected chi connectivity index (χ0v) is 18.4. The summed E-state index contributed by atoms with van der Waals surface area (Å²) in [5.74, 6) is 1.51. The fourth-order valence-corrected chi connectivity index (χ4v) is 3.64. The number of benzene rings is 2. The lowest BCUT2D eigenvalue weighted by molar-refractivity contribution is 0.461. The molecular formula is C24H22N8O. The molecule has 0 fully saturated rings. The first-order valence-electron chi connectivity index (χ1n) is 10.4. The number of imidazole rings is 1. The molecule has 9 heteroatoms. The van der Waals surface area contributed by atoms with Gasteiger partial charge >= 0.3 is 0 Å². The third-order valence-corrected chi connectivity index (χ3v) is 5.27. The van der Waals surface area contributed by atoms with Crippen LogP contribution >= 0.6 is 0 Å². The molecular weight excluding hydrogens is 416 g/mol. The van der Waals surface area contributed by atoms with Crippen molar-refractivity contribution in [3.8, 4) is 22.8 Å². The molecule has 0 radical (unpaired) electrons. The molecule has 0 spiro atoms. The minimum atomic E-state index is 0.378. The molecule has 5 aromatic rings. The molecule has 0 atom stereocenters. The van der Waals surface area contributed by atoms with E-state index in [1.54, 1.807) is 18.7 Å². The molecule has 3 N–H and O–H groups in total. The largest absolute Gasteiger partial charge is 0.436 e. The smallest absolute Gasteiger partial charge is 0.252 e. The van der Waals surface area contributed by atoms with Crippen molar-refractivity contribution >= 4 is 28.5 Å². The van der Waals surface area contributed by atoms with E-state index in [9.17, 15) is 0 Å². The van der Waals surface area contributed by atoms with Crippen LogP contribution in [0, 0.1) is 13.8 Å². The third kappa shape index (κ3) is 4.03. The van der Waals surface area contributed by atoms with Crippen LogP contribution in [0.2, 0.25) is 0 Å². The molecule has 0 aliphatic rings. The highest BCUT2D eigenvalue weighted by atomic mass is 16.5. The minimum absolute atomic E-state index is 0.378. The highest BCUT2D eigenvalue weighted by Gasteiger charge is 2.17. The van der Waals surface area contributed by atoms with Gasteiger partial charge in [0.05, 0.1) is 18.7 Å². The normalized spacial score (nSPS) is 11.0. The third-order valence-electron chi connectivity index (χ3n) is 5.27. The zero-order valence-electron chi connectivity index (χ0n) is 18.4. The van der Waals surface area contributed by atoms with Gasteiger partial charge in [0.15, 0.2) is 11.2 Å². The zero-order chi connectivity index (χ0) is 22.9. The Morgan fingerprint density at radius 1 is 0.939 bits per heavy atom. The van der Waals surface area contributed by atoms with Crippen molar-refractivity contribution < 1.29 is 4.74 Å². The second-order valence-electron chi connectivity index (χ2n) is 7.80. The number of ether oxygens (including phenoxy) is 1. The van der Waals surface area contributed by atoms with Gasteiger partial charge in [-0.25, -0.2) is 4.98 Å². The lowest BCUT2D eigenvalue weighted by Gasteiger charge is -2.14. The van der Waals surface area contributed by atoms with Gasteiger partial charge in [0, 0.05) is 24.0 Å². The van der Waals surface area contributed by atoms with Crippen molar-refractivity contribution in [1.82, 2.24) is 29.7 Å².